The van der Waals surface area contributed by atoms with Crippen LogP contribution in [-0.4, -0.2) is 53.8 Å². The van der Waals surface area contributed by atoms with E-state index in [1.807, 2.05) is 29.2 Å². The van der Waals surface area contributed by atoms with E-state index < -0.39 is 0 Å². The van der Waals surface area contributed by atoms with Crippen molar-refractivity contribution < 1.29 is 9.59 Å². The van der Waals surface area contributed by atoms with Crippen LogP contribution in [0.25, 0.3) is 21.5 Å². The molecule has 2 heterocycles. The van der Waals surface area contributed by atoms with Gasteiger partial charge >= 0.3 is 0 Å². The highest BCUT2D eigenvalue weighted by Gasteiger charge is 2.32. The number of likely N-dealkylation sites (tertiary alicyclic amines) is 2. The van der Waals surface area contributed by atoms with Crippen LogP contribution in [0.15, 0.2) is 54.6 Å². The summed E-state index contributed by atoms with van der Waals surface area (Å²) in [6.07, 6.45) is 3.81. The number of carbonyl (C=O) groups excluding carboxylic acids is 2. The molecule has 3 aromatic rings. The van der Waals surface area contributed by atoms with Gasteiger partial charge in [0.1, 0.15) is 0 Å². The second-order valence-electron chi connectivity index (χ2n) is 8.95. The molecule has 5 rings (SSSR count). The summed E-state index contributed by atoms with van der Waals surface area (Å²) >= 11 is 0. The van der Waals surface area contributed by atoms with Crippen molar-refractivity contribution in [3.05, 3.63) is 60.2 Å². The van der Waals surface area contributed by atoms with Gasteiger partial charge in [0.05, 0.1) is 11.5 Å². The monoisotopic (exact) mass is 415 g/mol. The number of hydrogen-bond donors (Lipinski definition) is 1. The summed E-state index contributed by atoms with van der Waals surface area (Å²) in [4.78, 5) is 29.8. The van der Waals surface area contributed by atoms with Gasteiger partial charge in [-0.1, -0.05) is 48.5 Å². The van der Waals surface area contributed by atoms with E-state index in [4.69, 9.17) is 5.73 Å². The molecule has 1 unspecified atom stereocenters. The standard InChI is InChI=1S/C26H29N3O2/c27-25(30)20-8-5-13-29(17-20)21-11-14-28(15-12-21)26(31)24-22-9-3-1-6-18(22)16-19-7-2-4-10-23(19)24/h1-4,6-7,9-10,16,20-21H,5,8,11-15,17H2,(H2,27,30). The minimum atomic E-state index is -0.180. The Bertz CT molecular complexity index is 1080. The predicted molar refractivity (Wildman–Crippen MR) is 124 cm³/mol. The molecule has 0 spiro atoms. The molecule has 1 atom stereocenters. The normalized spacial score (nSPS) is 20.9. The summed E-state index contributed by atoms with van der Waals surface area (Å²) in [7, 11) is 0. The lowest BCUT2D eigenvalue weighted by molar-refractivity contribution is -0.123. The number of nitrogens with zero attached hydrogens (tertiary/aromatic N) is 2. The molecule has 2 fully saturated rings. The molecule has 2 aliphatic heterocycles. The van der Waals surface area contributed by atoms with E-state index in [9.17, 15) is 9.59 Å². The van der Waals surface area contributed by atoms with E-state index in [2.05, 4.69) is 35.2 Å². The summed E-state index contributed by atoms with van der Waals surface area (Å²) in [5.41, 5.74) is 6.38. The van der Waals surface area contributed by atoms with Crippen LogP contribution < -0.4 is 5.73 Å². The molecule has 0 radical (unpaired) electrons. The number of fused-ring (bicyclic) bond motifs is 2. The zero-order valence-electron chi connectivity index (χ0n) is 17.8. The summed E-state index contributed by atoms with van der Waals surface area (Å²) < 4.78 is 0. The van der Waals surface area contributed by atoms with Crippen LogP contribution in [0.1, 0.15) is 36.0 Å². The van der Waals surface area contributed by atoms with Gasteiger partial charge in [-0.3, -0.25) is 14.5 Å². The number of nitrogens with two attached hydrogens (primary N) is 1. The van der Waals surface area contributed by atoms with Gasteiger partial charge in [0, 0.05) is 25.7 Å². The van der Waals surface area contributed by atoms with Crippen molar-refractivity contribution in [1.29, 1.82) is 0 Å². The van der Waals surface area contributed by atoms with Crippen LogP contribution in [0.4, 0.5) is 0 Å². The Kier molecular flexibility index (Phi) is 5.36. The van der Waals surface area contributed by atoms with Gasteiger partial charge in [0.15, 0.2) is 0 Å². The van der Waals surface area contributed by atoms with Crippen molar-refractivity contribution in [1.82, 2.24) is 9.80 Å². The first-order chi connectivity index (χ1) is 15.1. The van der Waals surface area contributed by atoms with Crippen molar-refractivity contribution in [2.24, 2.45) is 11.7 Å². The zero-order chi connectivity index (χ0) is 21.4. The van der Waals surface area contributed by atoms with Crippen molar-refractivity contribution in [3.63, 3.8) is 0 Å². The first-order valence-corrected chi connectivity index (χ1v) is 11.3. The van der Waals surface area contributed by atoms with E-state index in [-0.39, 0.29) is 17.7 Å². The molecule has 2 aliphatic rings. The molecule has 2 N–H and O–H groups in total. The van der Waals surface area contributed by atoms with Gasteiger partial charge in [-0.25, -0.2) is 0 Å². The van der Waals surface area contributed by atoms with Crippen LogP contribution in [0.5, 0.6) is 0 Å². The summed E-state index contributed by atoms with van der Waals surface area (Å²) in [5.74, 6) is -0.0873. The van der Waals surface area contributed by atoms with Gasteiger partial charge < -0.3 is 10.6 Å². The highest BCUT2D eigenvalue weighted by Crippen LogP contribution is 2.31. The number of amides is 2. The molecular formula is C26H29N3O2. The minimum Gasteiger partial charge on any atom is -0.369 e. The van der Waals surface area contributed by atoms with Gasteiger partial charge in [-0.15, -0.1) is 0 Å². The third kappa shape index (κ3) is 3.79. The Balaban J connectivity index is 1.37. The second kappa shape index (κ2) is 8.31. The van der Waals surface area contributed by atoms with E-state index in [1.54, 1.807) is 0 Å². The molecule has 2 saturated heterocycles. The number of benzene rings is 3. The van der Waals surface area contributed by atoms with Crippen LogP contribution in [0.2, 0.25) is 0 Å². The summed E-state index contributed by atoms with van der Waals surface area (Å²) in [6, 6.07) is 18.9. The van der Waals surface area contributed by atoms with E-state index in [0.717, 1.165) is 79.0 Å². The molecule has 0 bridgehead atoms. The van der Waals surface area contributed by atoms with Crippen LogP contribution >= 0.6 is 0 Å². The number of primary amides is 1. The van der Waals surface area contributed by atoms with E-state index in [0.29, 0.717) is 6.04 Å². The smallest absolute Gasteiger partial charge is 0.255 e. The largest absolute Gasteiger partial charge is 0.369 e. The fourth-order valence-electron chi connectivity index (χ4n) is 5.41. The minimum absolute atomic E-state index is 0.0320. The molecule has 160 valence electrons. The van der Waals surface area contributed by atoms with Crippen LogP contribution in [0.3, 0.4) is 0 Å². The molecule has 3 aromatic carbocycles. The first kappa shape index (κ1) is 20.0. The maximum absolute atomic E-state index is 13.7. The molecule has 5 heteroatoms. The predicted octanol–water partition coefficient (Wildman–Crippen LogP) is 3.79. The van der Waals surface area contributed by atoms with Crippen molar-refractivity contribution >= 4 is 33.4 Å². The topological polar surface area (TPSA) is 66.6 Å². The fourth-order valence-corrected chi connectivity index (χ4v) is 5.41. The van der Waals surface area contributed by atoms with Gasteiger partial charge in [-0.05, 0) is 59.8 Å². The average Bonchev–Trinajstić information content (AvgIpc) is 2.82. The lowest BCUT2D eigenvalue weighted by atomic mass is 9.92. The maximum atomic E-state index is 13.7. The lowest BCUT2D eigenvalue weighted by Crippen LogP contribution is -2.51. The Morgan fingerprint density at radius 1 is 0.839 bits per heavy atom. The summed E-state index contributed by atoms with van der Waals surface area (Å²) in [5, 5.41) is 4.25. The van der Waals surface area contributed by atoms with Crippen molar-refractivity contribution in [3.8, 4) is 0 Å². The number of hydrogen-bond acceptors (Lipinski definition) is 3. The van der Waals surface area contributed by atoms with Crippen molar-refractivity contribution in [2.75, 3.05) is 26.2 Å². The number of piperidine rings is 2. The van der Waals surface area contributed by atoms with E-state index >= 15 is 0 Å². The van der Waals surface area contributed by atoms with E-state index in [1.165, 1.54) is 0 Å². The Hall–Kier alpha value is -2.92. The quantitative estimate of drug-likeness (QED) is 0.662. The second-order valence-corrected chi connectivity index (χ2v) is 8.95. The highest BCUT2D eigenvalue weighted by atomic mass is 16.2. The van der Waals surface area contributed by atoms with Crippen LogP contribution in [0, 0.1) is 5.92 Å². The maximum Gasteiger partial charge on any atom is 0.255 e. The Morgan fingerprint density at radius 3 is 2.06 bits per heavy atom. The molecule has 5 nitrogen and oxygen atoms in total. The molecule has 2 amide bonds. The molecular weight excluding hydrogens is 386 g/mol. The Labute approximate surface area is 182 Å². The van der Waals surface area contributed by atoms with Crippen molar-refractivity contribution in [2.45, 2.75) is 31.7 Å². The third-order valence-corrected chi connectivity index (χ3v) is 7.11. The summed E-state index contributed by atoms with van der Waals surface area (Å²) in [6.45, 7) is 3.29. The number of rotatable bonds is 3. The lowest BCUT2D eigenvalue weighted by Gasteiger charge is -2.41. The van der Waals surface area contributed by atoms with Crippen LogP contribution in [-0.2, 0) is 4.79 Å². The highest BCUT2D eigenvalue weighted by molar-refractivity contribution is 6.18. The Morgan fingerprint density at radius 2 is 1.45 bits per heavy atom. The average molecular weight is 416 g/mol. The molecule has 31 heavy (non-hydrogen) atoms. The number of carbonyl (C=O) groups is 2. The fraction of sp³-hybridized carbons (Fsp3) is 0.385. The molecule has 0 aromatic heterocycles. The van der Waals surface area contributed by atoms with Gasteiger partial charge in [0.25, 0.3) is 5.91 Å². The SMILES string of the molecule is NC(=O)C1CCCN(C2CCN(C(=O)c3c4ccccc4cc4ccccc34)CC2)C1. The first-order valence-electron chi connectivity index (χ1n) is 11.3. The van der Waals surface area contributed by atoms with Gasteiger partial charge in [-0.2, -0.15) is 0 Å². The zero-order valence-corrected chi connectivity index (χ0v) is 17.8. The molecule has 0 aliphatic carbocycles. The third-order valence-electron chi connectivity index (χ3n) is 7.11. The van der Waals surface area contributed by atoms with Gasteiger partial charge in [0.2, 0.25) is 5.91 Å². The molecule has 0 saturated carbocycles.